The molecule has 1 saturated heterocycles. The van der Waals surface area contributed by atoms with E-state index < -0.39 is 0 Å². The molecular weight excluding hydrogens is 356 g/mol. The van der Waals surface area contributed by atoms with Gasteiger partial charge >= 0.3 is 0 Å². The molecule has 1 aromatic rings. The second-order valence-corrected chi connectivity index (χ2v) is 6.59. The van der Waals surface area contributed by atoms with Gasteiger partial charge in [-0.1, -0.05) is 41.9 Å². The summed E-state index contributed by atoms with van der Waals surface area (Å²) < 4.78 is 6.50. The number of carbonyl (C=O) groups excluding carboxylic acids is 1. The third kappa shape index (κ3) is 5.25. The molecule has 1 unspecified atom stereocenters. The molecule has 0 radical (unpaired) electrons. The summed E-state index contributed by atoms with van der Waals surface area (Å²) in [6, 6.07) is 8.18. The second-order valence-electron chi connectivity index (χ2n) is 5.68. The first-order valence-corrected chi connectivity index (χ1v) is 7.64. The third-order valence-corrected chi connectivity index (χ3v) is 4.02. The lowest BCUT2D eigenvalue weighted by atomic mass is 9.84. The van der Waals surface area contributed by atoms with Crippen LogP contribution in [0.4, 0.5) is 0 Å². The number of nitrogens with one attached hydrogen (secondary N) is 2. The summed E-state index contributed by atoms with van der Waals surface area (Å²) in [4.78, 5) is 12.1. The van der Waals surface area contributed by atoms with E-state index in [1.807, 2.05) is 12.1 Å². The van der Waals surface area contributed by atoms with Crippen LogP contribution in [0, 0.1) is 0 Å². The van der Waals surface area contributed by atoms with Gasteiger partial charge in [-0.3, -0.25) is 4.79 Å². The van der Waals surface area contributed by atoms with Crippen LogP contribution in [0.15, 0.2) is 28.7 Å². The number of carbonyl (C=O) groups is 1. The van der Waals surface area contributed by atoms with Crippen LogP contribution in [0.25, 0.3) is 0 Å². The molecule has 0 spiro atoms. The molecular formula is C15H22BrClN2O2. The number of amides is 1. The van der Waals surface area contributed by atoms with E-state index >= 15 is 0 Å². The average molecular weight is 378 g/mol. The van der Waals surface area contributed by atoms with Gasteiger partial charge in [0, 0.05) is 29.5 Å². The minimum absolute atomic E-state index is 0. The molecule has 4 nitrogen and oxygen atoms in total. The lowest BCUT2D eigenvalue weighted by Crippen LogP contribution is -2.49. The molecule has 1 aliphatic heterocycles. The maximum Gasteiger partial charge on any atom is 0.250 e. The SMILES string of the molecule is CC(C)(CNC(=O)C1CNCCO1)c1cccc(Br)c1.Cl. The van der Waals surface area contributed by atoms with E-state index in [0.717, 1.165) is 11.0 Å². The van der Waals surface area contributed by atoms with Crippen LogP contribution in [-0.2, 0) is 14.9 Å². The van der Waals surface area contributed by atoms with Crippen LogP contribution in [0.3, 0.4) is 0 Å². The van der Waals surface area contributed by atoms with Crippen molar-refractivity contribution in [2.75, 3.05) is 26.2 Å². The summed E-state index contributed by atoms with van der Waals surface area (Å²) >= 11 is 3.48. The van der Waals surface area contributed by atoms with Crippen LogP contribution >= 0.6 is 28.3 Å². The number of ether oxygens (including phenoxy) is 1. The minimum atomic E-state index is -0.373. The number of rotatable bonds is 4. The monoisotopic (exact) mass is 376 g/mol. The Bertz CT molecular complexity index is 476. The smallest absolute Gasteiger partial charge is 0.250 e. The first-order valence-electron chi connectivity index (χ1n) is 6.85. The van der Waals surface area contributed by atoms with Crippen molar-refractivity contribution in [3.05, 3.63) is 34.3 Å². The molecule has 2 N–H and O–H groups in total. The number of halogens is 2. The highest BCUT2D eigenvalue weighted by atomic mass is 79.9. The highest BCUT2D eigenvalue weighted by Gasteiger charge is 2.26. The first-order chi connectivity index (χ1) is 9.49. The molecule has 118 valence electrons. The number of benzene rings is 1. The van der Waals surface area contributed by atoms with E-state index in [0.29, 0.717) is 19.7 Å². The van der Waals surface area contributed by atoms with Crippen LogP contribution in [0.5, 0.6) is 0 Å². The maximum absolute atomic E-state index is 12.1. The van der Waals surface area contributed by atoms with Crippen molar-refractivity contribution in [2.45, 2.75) is 25.4 Å². The van der Waals surface area contributed by atoms with Gasteiger partial charge < -0.3 is 15.4 Å². The fourth-order valence-electron chi connectivity index (χ4n) is 2.17. The van der Waals surface area contributed by atoms with E-state index in [1.165, 1.54) is 5.56 Å². The molecule has 1 heterocycles. The predicted octanol–water partition coefficient (Wildman–Crippen LogP) is 2.25. The Kier molecular flexibility index (Phi) is 7.13. The second kappa shape index (κ2) is 8.13. The molecule has 2 rings (SSSR count). The van der Waals surface area contributed by atoms with Crippen molar-refractivity contribution < 1.29 is 9.53 Å². The summed E-state index contributed by atoms with van der Waals surface area (Å²) in [5.41, 5.74) is 1.07. The van der Waals surface area contributed by atoms with Gasteiger partial charge in [0.2, 0.25) is 5.91 Å². The topological polar surface area (TPSA) is 50.4 Å². The van der Waals surface area contributed by atoms with E-state index in [1.54, 1.807) is 0 Å². The van der Waals surface area contributed by atoms with Gasteiger partial charge in [-0.2, -0.15) is 0 Å². The molecule has 1 aromatic carbocycles. The molecule has 6 heteroatoms. The maximum atomic E-state index is 12.1. The fraction of sp³-hybridized carbons (Fsp3) is 0.533. The molecule has 0 aromatic heterocycles. The Morgan fingerprint density at radius 1 is 1.52 bits per heavy atom. The first kappa shape index (κ1) is 18.4. The molecule has 21 heavy (non-hydrogen) atoms. The van der Waals surface area contributed by atoms with E-state index in [2.05, 4.69) is 52.5 Å². The quantitative estimate of drug-likeness (QED) is 0.846. The highest BCUT2D eigenvalue weighted by Crippen LogP contribution is 2.25. The zero-order valence-corrected chi connectivity index (χ0v) is 14.7. The zero-order valence-electron chi connectivity index (χ0n) is 12.3. The van der Waals surface area contributed by atoms with E-state index in [-0.39, 0.29) is 29.8 Å². The molecule has 0 aliphatic carbocycles. The molecule has 1 aliphatic rings. The van der Waals surface area contributed by atoms with Gasteiger partial charge in [0.05, 0.1) is 6.61 Å². The average Bonchev–Trinajstić information content (AvgIpc) is 2.46. The number of hydrogen-bond acceptors (Lipinski definition) is 3. The van der Waals surface area contributed by atoms with Crippen LogP contribution in [0.1, 0.15) is 19.4 Å². The van der Waals surface area contributed by atoms with Gasteiger partial charge in [-0.05, 0) is 17.7 Å². The lowest BCUT2D eigenvalue weighted by molar-refractivity contribution is -0.134. The van der Waals surface area contributed by atoms with Crippen LogP contribution < -0.4 is 10.6 Å². The Morgan fingerprint density at radius 3 is 2.90 bits per heavy atom. The van der Waals surface area contributed by atoms with Crippen molar-refractivity contribution in [1.82, 2.24) is 10.6 Å². The molecule has 0 saturated carbocycles. The van der Waals surface area contributed by atoms with Crippen LogP contribution in [0.2, 0.25) is 0 Å². The molecule has 1 fully saturated rings. The molecule has 1 amide bonds. The standard InChI is InChI=1S/C15H21BrN2O2.ClH/c1-15(2,11-4-3-5-12(16)8-11)10-18-14(19)13-9-17-6-7-20-13;/h3-5,8,13,17H,6-7,9-10H2,1-2H3,(H,18,19);1H. The summed E-state index contributed by atoms with van der Waals surface area (Å²) in [6.07, 6.45) is -0.373. The third-order valence-electron chi connectivity index (χ3n) is 3.53. The van der Waals surface area contributed by atoms with Crippen molar-refractivity contribution in [3.63, 3.8) is 0 Å². The molecule has 0 bridgehead atoms. The Morgan fingerprint density at radius 2 is 2.29 bits per heavy atom. The van der Waals surface area contributed by atoms with Gasteiger partial charge in [0.15, 0.2) is 0 Å². The summed E-state index contributed by atoms with van der Waals surface area (Å²) in [6.45, 7) is 6.82. The van der Waals surface area contributed by atoms with Crippen molar-refractivity contribution in [1.29, 1.82) is 0 Å². The lowest BCUT2D eigenvalue weighted by Gasteiger charge is -2.28. The fourth-order valence-corrected chi connectivity index (χ4v) is 2.57. The van der Waals surface area contributed by atoms with Gasteiger partial charge in [-0.15, -0.1) is 12.4 Å². The Labute approximate surface area is 140 Å². The molecule has 1 atom stereocenters. The number of hydrogen-bond donors (Lipinski definition) is 2. The van der Waals surface area contributed by atoms with Crippen molar-refractivity contribution in [2.24, 2.45) is 0 Å². The minimum Gasteiger partial charge on any atom is -0.366 e. The van der Waals surface area contributed by atoms with Gasteiger partial charge in [-0.25, -0.2) is 0 Å². The predicted molar refractivity (Wildman–Crippen MR) is 90.0 cm³/mol. The zero-order chi connectivity index (χ0) is 14.6. The number of morpholine rings is 1. The van der Waals surface area contributed by atoms with Gasteiger partial charge in [0.25, 0.3) is 0 Å². The Balaban J connectivity index is 0.00000220. The van der Waals surface area contributed by atoms with Gasteiger partial charge in [0.1, 0.15) is 6.10 Å². The highest BCUT2D eigenvalue weighted by molar-refractivity contribution is 9.10. The van der Waals surface area contributed by atoms with E-state index in [9.17, 15) is 4.79 Å². The summed E-state index contributed by atoms with van der Waals surface area (Å²) in [5.74, 6) is -0.0414. The van der Waals surface area contributed by atoms with Crippen molar-refractivity contribution >= 4 is 34.2 Å². The normalized spacial score (nSPS) is 18.7. The summed E-state index contributed by atoms with van der Waals surface area (Å²) in [5, 5.41) is 6.15. The Hall–Kier alpha value is -0.620. The summed E-state index contributed by atoms with van der Waals surface area (Å²) in [7, 11) is 0. The van der Waals surface area contributed by atoms with Crippen molar-refractivity contribution in [3.8, 4) is 0 Å². The largest absolute Gasteiger partial charge is 0.366 e. The van der Waals surface area contributed by atoms with Crippen LogP contribution in [-0.4, -0.2) is 38.3 Å². The van der Waals surface area contributed by atoms with E-state index in [4.69, 9.17) is 4.74 Å².